The summed E-state index contributed by atoms with van der Waals surface area (Å²) in [4.78, 5) is 10.6. The molecular weight excluding hydrogens is 218 g/mol. The Labute approximate surface area is 102 Å². The first-order chi connectivity index (χ1) is 8.28. The highest BCUT2D eigenvalue weighted by Crippen LogP contribution is 2.40. The summed E-state index contributed by atoms with van der Waals surface area (Å²) < 4.78 is 11.9. The van der Waals surface area contributed by atoms with Crippen molar-refractivity contribution in [3.05, 3.63) is 0 Å². The number of hydrogen-bond donors (Lipinski definition) is 0. The van der Waals surface area contributed by atoms with Crippen molar-refractivity contribution < 1.29 is 14.3 Å². The van der Waals surface area contributed by atoms with E-state index in [-0.39, 0.29) is 12.2 Å². The lowest BCUT2D eigenvalue weighted by Gasteiger charge is -2.46. The van der Waals surface area contributed by atoms with Gasteiger partial charge in [0.15, 0.2) is 5.79 Å². The molecule has 0 amide bonds. The summed E-state index contributed by atoms with van der Waals surface area (Å²) in [6, 6.07) is 2.15. The van der Waals surface area contributed by atoms with Crippen LogP contribution in [0.5, 0.6) is 0 Å². The second kappa shape index (κ2) is 5.61. The molecule has 2 fully saturated rings. The van der Waals surface area contributed by atoms with Gasteiger partial charge in [-0.05, 0) is 12.8 Å². The second-order valence-electron chi connectivity index (χ2n) is 4.95. The summed E-state index contributed by atoms with van der Waals surface area (Å²) >= 11 is 0. The van der Waals surface area contributed by atoms with Gasteiger partial charge in [-0.25, -0.2) is 0 Å². The molecule has 1 aliphatic carbocycles. The maximum absolute atomic E-state index is 10.6. The van der Waals surface area contributed by atoms with Crippen molar-refractivity contribution in [3.63, 3.8) is 0 Å². The predicted molar refractivity (Wildman–Crippen MR) is 61.1 cm³/mol. The molecule has 17 heavy (non-hydrogen) atoms. The summed E-state index contributed by atoms with van der Waals surface area (Å²) in [5.74, 6) is -0.508. The molecule has 94 valence electrons. The van der Waals surface area contributed by atoms with Crippen LogP contribution < -0.4 is 0 Å². The quantitative estimate of drug-likeness (QED) is 0.707. The van der Waals surface area contributed by atoms with Gasteiger partial charge in [-0.3, -0.25) is 0 Å². The predicted octanol–water partition coefficient (Wildman–Crippen LogP) is 2.32. The van der Waals surface area contributed by atoms with Gasteiger partial charge in [-0.2, -0.15) is 5.26 Å². The molecule has 1 spiro atoms. The topological polar surface area (TPSA) is 59.3 Å². The standard InChI is InChI=1S/C13H19NO3/c14-8-4-11-10-12(5-9-15)17-13(16-11)6-2-1-3-7-13/h9,11-12H,1-7,10H2/t11-,12+/m0/s1. The first kappa shape index (κ1) is 12.5. The van der Waals surface area contributed by atoms with E-state index in [4.69, 9.17) is 14.7 Å². The first-order valence-electron chi connectivity index (χ1n) is 6.44. The Morgan fingerprint density at radius 1 is 1.24 bits per heavy atom. The molecule has 1 saturated heterocycles. The maximum Gasteiger partial charge on any atom is 0.169 e. The van der Waals surface area contributed by atoms with E-state index >= 15 is 0 Å². The van der Waals surface area contributed by atoms with Crippen molar-refractivity contribution >= 4 is 6.29 Å². The number of carbonyl (C=O) groups excluding carboxylic acids is 1. The molecule has 2 atom stereocenters. The van der Waals surface area contributed by atoms with Gasteiger partial charge in [0.25, 0.3) is 0 Å². The fraction of sp³-hybridized carbons (Fsp3) is 0.846. The molecule has 0 aromatic carbocycles. The van der Waals surface area contributed by atoms with Gasteiger partial charge in [0.05, 0.1) is 24.7 Å². The first-order valence-corrected chi connectivity index (χ1v) is 6.44. The molecule has 1 heterocycles. The van der Waals surface area contributed by atoms with Crippen LogP contribution >= 0.6 is 0 Å². The van der Waals surface area contributed by atoms with E-state index in [1.807, 2.05) is 0 Å². The molecule has 0 unspecified atom stereocenters. The highest BCUT2D eigenvalue weighted by Gasteiger charge is 2.42. The number of hydrogen-bond acceptors (Lipinski definition) is 4. The monoisotopic (exact) mass is 237 g/mol. The van der Waals surface area contributed by atoms with Gasteiger partial charge in [0.2, 0.25) is 0 Å². The van der Waals surface area contributed by atoms with Crippen molar-refractivity contribution in [2.45, 2.75) is 69.4 Å². The summed E-state index contributed by atoms with van der Waals surface area (Å²) in [6.07, 6.45) is 7.43. The van der Waals surface area contributed by atoms with Crippen LogP contribution in [0, 0.1) is 11.3 Å². The molecule has 4 heteroatoms. The third-order valence-electron chi connectivity index (χ3n) is 3.58. The largest absolute Gasteiger partial charge is 0.346 e. The normalized spacial score (nSPS) is 31.9. The van der Waals surface area contributed by atoms with Crippen LogP contribution in [-0.4, -0.2) is 24.3 Å². The van der Waals surface area contributed by atoms with Crippen LogP contribution in [0.3, 0.4) is 0 Å². The number of nitriles is 1. The van der Waals surface area contributed by atoms with Crippen LogP contribution in [0.1, 0.15) is 51.4 Å². The smallest absolute Gasteiger partial charge is 0.169 e. The second-order valence-corrected chi connectivity index (χ2v) is 4.95. The van der Waals surface area contributed by atoms with E-state index in [9.17, 15) is 4.79 Å². The number of rotatable bonds is 3. The number of ether oxygens (including phenoxy) is 2. The van der Waals surface area contributed by atoms with Crippen molar-refractivity contribution in [3.8, 4) is 6.07 Å². The zero-order valence-corrected chi connectivity index (χ0v) is 10.1. The Morgan fingerprint density at radius 3 is 2.59 bits per heavy atom. The van der Waals surface area contributed by atoms with Crippen molar-refractivity contribution in [1.82, 2.24) is 0 Å². The van der Waals surface area contributed by atoms with Gasteiger partial charge in [0, 0.05) is 25.7 Å². The number of carbonyl (C=O) groups is 1. The van der Waals surface area contributed by atoms with Gasteiger partial charge < -0.3 is 14.3 Å². The summed E-state index contributed by atoms with van der Waals surface area (Å²) in [5, 5.41) is 8.78. The van der Waals surface area contributed by atoms with E-state index in [0.29, 0.717) is 19.3 Å². The van der Waals surface area contributed by atoms with Crippen LogP contribution in [0.2, 0.25) is 0 Å². The lowest BCUT2D eigenvalue weighted by Crippen LogP contribution is -2.49. The summed E-state index contributed by atoms with van der Waals surface area (Å²) in [5.41, 5.74) is 0. The van der Waals surface area contributed by atoms with Gasteiger partial charge in [0.1, 0.15) is 6.29 Å². The highest BCUT2D eigenvalue weighted by atomic mass is 16.7. The molecule has 0 bridgehead atoms. The third-order valence-corrected chi connectivity index (χ3v) is 3.58. The molecule has 0 aromatic rings. The molecule has 2 rings (SSSR count). The molecule has 1 aliphatic heterocycles. The number of nitrogens with zero attached hydrogens (tertiary/aromatic N) is 1. The molecule has 0 radical (unpaired) electrons. The van der Waals surface area contributed by atoms with E-state index in [2.05, 4.69) is 6.07 Å². The van der Waals surface area contributed by atoms with Crippen LogP contribution in [0.15, 0.2) is 0 Å². The summed E-state index contributed by atoms with van der Waals surface area (Å²) in [7, 11) is 0. The van der Waals surface area contributed by atoms with E-state index in [1.165, 1.54) is 6.42 Å². The fourth-order valence-corrected chi connectivity index (χ4v) is 2.83. The Hall–Kier alpha value is -0.920. The Kier molecular flexibility index (Phi) is 4.14. The van der Waals surface area contributed by atoms with Crippen molar-refractivity contribution in [2.24, 2.45) is 0 Å². The van der Waals surface area contributed by atoms with Crippen LogP contribution in [0.25, 0.3) is 0 Å². The van der Waals surface area contributed by atoms with E-state index in [0.717, 1.165) is 32.0 Å². The third kappa shape index (κ3) is 3.05. The highest BCUT2D eigenvalue weighted by molar-refractivity contribution is 5.50. The maximum atomic E-state index is 10.6. The minimum absolute atomic E-state index is 0.0716. The lowest BCUT2D eigenvalue weighted by atomic mass is 9.91. The lowest BCUT2D eigenvalue weighted by molar-refractivity contribution is -0.327. The van der Waals surface area contributed by atoms with Gasteiger partial charge in [-0.1, -0.05) is 6.42 Å². The Bertz CT molecular complexity index is 304. The zero-order chi connectivity index (χ0) is 12.1. The molecule has 4 nitrogen and oxygen atoms in total. The van der Waals surface area contributed by atoms with E-state index < -0.39 is 5.79 Å². The van der Waals surface area contributed by atoms with E-state index in [1.54, 1.807) is 0 Å². The minimum Gasteiger partial charge on any atom is -0.346 e. The summed E-state index contributed by atoms with van der Waals surface area (Å²) in [6.45, 7) is 0. The average molecular weight is 237 g/mol. The Morgan fingerprint density at radius 2 is 1.94 bits per heavy atom. The molecule has 0 aromatic heterocycles. The van der Waals surface area contributed by atoms with Crippen LogP contribution in [-0.2, 0) is 14.3 Å². The zero-order valence-electron chi connectivity index (χ0n) is 10.1. The molecular formula is C13H19NO3. The fourth-order valence-electron chi connectivity index (χ4n) is 2.83. The van der Waals surface area contributed by atoms with Gasteiger partial charge in [-0.15, -0.1) is 0 Å². The number of aldehydes is 1. The average Bonchev–Trinajstić information content (AvgIpc) is 2.30. The SMILES string of the molecule is N#CC[C@H]1C[C@@H](CC=O)OC2(CCCCC2)O1. The van der Waals surface area contributed by atoms with Crippen LogP contribution in [0.4, 0.5) is 0 Å². The Balaban J connectivity index is 2.04. The molecule has 0 N–H and O–H groups in total. The van der Waals surface area contributed by atoms with Crippen molar-refractivity contribution in [1.29, 1.82) is 5.26 Å². The molecule has 2 aliphatic rings. The molecule has 1 saturated carbocycles. The van der Waals surface area contributed by atoms with Crippen molar-refractivity contribution in [2.75, 3.05) is 0 Å². The van der Waals surface area contributed by atoms with Gasteiger partial charge >= 0.3 is 0 Å². The minimum atomic E-state index is -0.508.